The summed E-state index contributed by atoms with van der Waals surface area (Å²) in [6, 6.07) is 0.425. The highest BCUT2D eigenvalue weighted by Gasteiger charge is 2.22. The van der Waals surface area contributed by atoms with Crippen LogP contribution in [0.25, 0.3) is 11.7 Å². The topological polar surface area (TPSA) is 146 Å². The van der Waals surface area contributed by atoms with Crippen molar-refractivity contribution < 1.29 is 9.84 Å². The van der Waals surface area contributed by atoms with E-state index in [1.165, 1.54) is 0 Å². The van der Waals surface area contributed by atoms with Gasteiger partial charge in [-0.25, -0.2) is 9.79 Å². The van der Waals surface area contributed by atoms with Crippen molar-refractivity contribution in [1.82, 2.24) is 29.5 Å². The van der Waals surface area contributed by atoms with Crippen molar-refractivity contribution in [1.29, 1.82) is 0 Å². The first-order valence-electron chi connectivity index (χ1n) is 8.82. The maximum Gasteiger partial charge on any atom is 0.326 e. The van der Waals surface area contributed by atoms with E-state index in [4.69, 9.17) is 4.74 Å². The molecule has 0 unspecified atom stereocenters. The van der Waals surface area contributed by atoms with Crippen LogP contribution in [0.15, 0.2) is 16.0 Å². The molecule has 1 atom stereocenters. The lowest BCUT2D eigenvalue weighted by Gasteiger charge is -2.10. The van der Waals surface area contributed by atoms with Gasteiger partial charge in [-0.15, -0.1) is 0 Å². The minimum atomic E-state index is -0.488. The Bertz CT molecular complexity index is 1170. The first-order chi connectivity index (χ1) is 13.2. The second-order valence-corrected chi connectivity index (χ2v) is 6.73. The molecule has 11 heteroatoms. The zero-order valence-corrected chi connectivity index (χ0v) is 14.3. The molecule has 3 aromatic heterocycles. The van der Waals surface area contributed by atoms with Crippen LogP contribution in [0.2, 0.25) is 0 Å². The monoisotopic (exact) mass is 370 g/mol. The summed E-state index contributed by atoms with van der Waals surface area (Å²) in [4.78, 5) is 29.9. The number of H-pyrrole nitrogens is 2. The summed E-state index contributed by atoms with van der Waals surface area (Å²) in [6.45, 7) is 1.32. The van der Waals surface area contributed by atoms with Crippen LogP contribution in [-0.4, -0.2) is 60.0 Å². The molecule has 2 aliphatic rings. The number of nitrogens with one attached hydrogen (secondary N) is 3. The fourth-order valence-corrected chi connectivity index (χ4v) is 2.98. The number of aromatic hydroxyl groups is 1. The summed E-state index contributed by atoms with van der Waals surface area (Å²) in [5, 5.41) is 18.1. The molecule has 4 N–H and O–H groups in total. The number of rotatable bonds is 4. The summed E-state index contributed by atoms with van der Waals surface area (Å²) < 4.78 is 6.97. The Kier molecular flexibility index (Phi) is 3.67. The standard InChI is InChI=1S/C16H18N8O3/c25-13-11(20-16(26)22-13)5-8-6-17-24-12(8)21-14(18-10-3-4-27-7-10)23-15(24)19-9-1-2-9/h5-6,9-10,25H,1-4,7H2,(H,18,19,23)(H2,20,22,26)/t10-/m0/s1. The Morgan fingerprint density at radius 3 is 2.93 bits per heavy atom. The first-order valence-corrected chi connectivity index (χ1v) is 8.82. The van der Waals surface area contributed by atoms with Gasteiger partial charge < -0.3 is 20.1 Å². The Morgan fingerprint density at radius 1 is 1.33 bits per heavy atom. The summed E-state index contributed by atoms with van der Waals surface area (Å²) in [6.07, 6.45) is 6.18. The maximum absolute atomic E-state index is 11.4. The van der Waals surface area contributed by atoms with Crippen molar-refractivity contribution >= 4 is 17.7 Å². The number of aromatic amines is 2. The lowest BCUT2D eigenvalue weighted by molar-refractivity contribution is 0.195. The second-order valence-electron chi connectivity index (χ2n) is 6.73. The van der Waals surface area contributed by atoms with Crippen LogP contribution in [0.3, 0.4) is 0 Å². The van der Waals surface area contributed by atoms with Crippen molar-refractivity contribution in [3.63, 3.8) is 0 Å². The van der Waals surface area contributed by atoms with Crippen LogP contribution in [-0.2, 0) is 4.74 Å². The molecule has 0 bridgehead atoms. The SMILES string of the molecule is O=c1[nH]c(O)c(C=c2cnn3c(=NC4CC4)nc(N[C@H]4CCOC4)nc23)[nH]1. The van der Waals surface area contributed by atoms with E-state index in [1.54, 1.807) is 16.8 Å². The van der Waals surface area contributed by atoms with Gasteiger partial charge in [0.15, 0.2) is 5.65 Å². The Hall–Kier alpha value is -3.21. The van der Waals surface area contributed by atoms with Crippen molar-refractivity contribution in [3.05, 3.63) is 33.2 Å². The summed E-state index contributed by atoms with van der Waals surface area (Å²) >= 11 is 0. The average molecular weight is 370 g/mol. The molecule has 1 saturated carbocycles. The number of nitrogens with zero attached hydrogens (tertiary/aromatic N) is 5. The second kappa shape index (κ2) is 6.20. The zero-order chi connectivity index (χ0) is 18.4. The Morgan fingerprint density at radius 2 is 2.22 bits per heavy atom. The van der Waals surface area contributed by atoms with Gasteiger partial charge in [0.05, 0.1) is 24.9 Å². The van der Waals surface area contributed by atoms with Crippen molar-refractivity contribution in [2.24, 2.45) is 4.99 Å². The number of hydrogen-bond donors (Lipinski definition) is 4. The van der Waals surface area contributed by atoms with E-state index in [2.05, 4.69) is 35.3 Å². The first kappa shape index (κ1) is 16.0. The molecule has 2 fully saturated rings. The van der Waals surface area contributed by atoms with Gasteiger partial charge in [-0.2, -0.15) is 19.6 Å². The Balaban J connectivity index is 1.66. The quantitative estimate of drug-likeness (QED) is 0.444. The van der Waals surface area contributed by atoms with E-state index < -0.39 is 5.69 Å². The maximum atomic E-state index is 11.4. The normalized spacial score (nSPS) is 21.4. The van der Waals surface area contributed by atoms with E-state index in [0.717, 1.165) is 19.3 Å². The Labute approximate surface area is 151 Å². The van der Waals surface area contributed by atoms with Gasteiger partial charge in [0, 0.05) is 11.8 Å². The predicted octanol–water partition coefficient (Wildman–Crippen LogP) is -1.34. The number of fused-ring (bicyclic) bond motifs is 1. The third-order valence-corrected chi connectivity index (χ3v) is 4.52. The molecule has 0 radical (unpaired) electrons. The molecule has 1 aliphatic heterocycles. The molecular formula is C16H18N8O3. The van der Waals surface area contributed by atoms with E-state index in [0.29, 0.717) is 35.6 Å². The predicted molar refractivity (Wildman–Crippen MR) is 94.1 cm³/mol. The van der Waals surface area contributed by atoms with Gasteiger partial charge in [-0.05, 0) is 25.3 Å². The highest BCUT2D eigenvalue weighted by molar-refractivity contribution is 5.57. The number of hydrogen-bond acceptors (Lipinski definition) is 8. The van der Waals surface area contributed by atoms with Gasteiger partial charge >= 0.3 is 5.69 Å². The molecule has 140 valence electrons. The molecule has 27 heavy (non-hydrogen) atoms. The molecule has 4 heterocycles. The summed E-state index contributed by atoms with van der Waals surface area (Å²) in [5.41, 5.74) is 0.786. The highest BCUT2D eigenvalue weighted by Crippen LogP contribution is 2.22. The molecular weight excluding hydrogens is 352 g/mol. The molecule has 1 aliphatic carbocycles. The molecule has 1 saturated heterocycles. The minimum absolute atomic E-state index is 0.154. The van der Waals surface area contributed by atoms with Crippen molar-refractivity contribution in [3.8, 4) is 5.88 Å². The van der Waals surface area contributed by atoms with Crippen LogP contribution in [0.5, 0.6) is 5.88 Å². The molecule has 11 nitrogen and oxygen atoms in total. The molecule has 0 aromatic carbocycles. The van der Waals surface area contributed by atoms with Gasteiger partial charge in [-0.3, -0.25) is 4.98 Å². The third-order valence-electron chi connectivity index (χ3n) is 4.52. The third kappa shape index (κ3) is 3.16. The van der Waals surface area contributed by atoms with Gasteiger partial charge in [-0.1, -0.05) is 0 Å². The van der Waals surface area contributed by atoms with E-state index in [-0.39, 0.29) is 23.7 Å². The zero-order valence-electron chi connectivity index (χ0n) is 14.3. The lowest BCUT2D eigenvalue weighted by atomic mass is 10.3. The van der Waals surface area contributed by atoms with Crippen LogP contribution in [0, 0.1) is 0 Å². The number of anilines is 1. The van der Waals surface area contributed by atoms with Gasteiger partial charge in [0.2, 0.25) is 11.8 Å². The van der Waals surface area contributed by atoms with E-state index in [9.17, 15) is 9.90 Å². The van der Waals surface area contributed by atoms with E-state index in [1.807, 2.05) is 0 Å². The van der Waals surface area contributed by atoms with Crippen LogP contribution < -0.4 is 21.8 Å². The van der Waals surface area contributed by atoms with Gasteiger partial charge in [0.25, 0.3) is 5.62 Å². The fraction of sp³-hybridized carbons (Fsp3) is 0.438. The van der Waals surface area contributed by atoms with Gasteiger partial charge in [0.1, 0.15) is 5.69 Å². The molecule has 3 aromatic rings. The van der Waals surface area contributed by atoms with E-state index >= 15 is 0 Å². The van der Waals surface area contributed by atoms with Crippen molar-refractivity contribution in [2.75, 3.05) is 18.5 Å². The smallest absolute Gasteiger partial charge is 0.326 e. The largest absolute Gasteiger partial charge is 0.493 e. The summed E-state index contributed by atoms with van der Waals surface area (Å²) in [7, 11) is 0. The number of imidazole rings is 1. The van der Waals surface area contributed by atoms with Crippen LogP contribution >= 0.6 is 0 Å². The lowest BCUT2D eigenvalue weighted by Crippen LogP contribution is -2.28. The van der Waals surface area contributed by atoms with Crippen LogP contribution in [0.4, 0.5) is 5.95 Å². The average Bonchev–Trinajstić information content (AvgIpc) is 3.01. The fourth-order valence-electron chi connectivity index (χ4n) is 2.98. The number of ether oxygens (including phenoxy) is 1. The number of aromatic nitrogens is 6. The minimum Gasteiger partial charge on any atom is -0.493 e. The summed E-state index contributed by atoms with van der Waals surface area (Å²) in [5.74, 6) is 0.220. The van der Waals surface area contributed by atoms with Crippen LogP contribution in [0.1, 0.15) is 25.0 Å². The molecule has 0 amide bonds. The van der Waals surface area contributed by atoms with Crippen molar-refractivity contribution in [2.45, 2.75) is 31.3 Å². The molecule has 5 rings (SSSR count). The highest BCUT2D eigenvalue weighted by atomic mass is 16.5. The molecule has 0 spiro atoms.